The Bertz CT molecular complexity index is 524. The van der Waals surface area contributed by atoms with Crippen LogP contribution in [0.2, 0.25) is 0 Å². The molecule has 0 bridgehead atoms. The first-order valence-electron chi connectivity index (χ1n) is 7.71. The average molecular weight is 323 g/mol. The Morgan fingerprint density at radius 3 is 2.73 bits per heavy atom. The second-order valence-electron chi connectivity index (χ2n) is 6.98. The summed E-state index contributed by atoms with van der Waals surface area (Å²) in [5.74, 6) is 0.316. The first-order chi connectivity index (χ1) is 10.3. The summed E-state index contributed by atoms with van der Waals surface area (Å²) >= 11 is 1.70. The van der Waals surface area contributed by atoms with Crippen molar-refractivity contribution in [2.75, 3.05) is 13.7 Å². The van der Waals surface area contributed by atoms with E-state index in [0.29, 0.717) is 12.3 Å². The zero-order chi connectivity index (χ0) is 16.3. The van der Waals surface area contributed by atoms with E-state index in [4.69, 9.17) is 4.74 Å². The molecule has 0 N–H and O–H groups in total. The molecule has 2 atom stereocenters. The van der Waals surface area contributed by atoms with Gasteiger partial charge in [0.1, 0.15) is 0 Å². The Balaban J connectivity index is 1.96. The lowest BCUT2D eigenvalue weighted by Gasteiger charge is -2.28. The number of hydrogen-bond acceptors (Lipinski definition) is 4. The standard InChI is InChI=1S/C17H25NO3S/c1-12-7-14(13-5-6-22-11-13)10-18(12)15(19)8-17(2,3)9-16(20)21-4/h5-6,11-12,14H,7-10H2,1-4H3. The number of thiophene rings is 1. The molecule has 0 radical (unpaired) electrons. The number of ether oxygens (including phenoxy) is 1. The molecule has 5 heteroatoms. The fraction of sp³-hybridized carbons (Fsp3) is 0.647. The van der Waals surface area contributed by atoms with Crippen LogP contribution in [0.3, 0.4) is 0 Å². The van der Waals surface area contributed by atoms with Gasteiger partial charge in [0.25, 0.3) is 0 Å². The molecule has 1 fully saturated rings. The number of amides is 1. The molecule has 0 aromatic carbocycles. The molecule has 1 aliphatic heterocycles. The van der Waals surface area contributed by atoms with Gasteiger partial charge in [0.2, 0.25) is 5.91 Å². The molecular weight excluding hydrogens is 298 g/mol. The number of esters is 1. The second-order valence-corrected chi connectivity index (χ2v) is 7.76. The van der Waals surface area contributed by atoms with E-state index in [1.807, 2.05) is 18.7 Å². The first-order valence-corrected chi connectivity index (χ1v) is 8.65. The van der Waals surface area contributed by atoms with Crippen molar-refractivity contribution in [2.24, 2.45) is 5.41 Å². The highest BCUT2D eigenvalue weighted by Gasteiger charge is 2.36. The predicted molar refractivity (Wildman–Crippen MR) is 87.9 cm³/mol. The van der Waals surface area contributed by atoms with Crippen LogP contribution in [0.1, 0.15) is 51.5 Å². The molecule has 2 rings (SSSR count). The summed E-state index contributed by atoms with van der Waals surface area (Å²) in [6.07, 6.45) is 1.66. The van der Waals surface area contributed by atoms with Crippen molar-refractivity contribution >= 4 is 23.2 Å². The maximum atomic E-state index is 12.6. The molecule has 122 valence electrons. The summed E-state index contributed by atoms with van der Waals surface area (Å²) in [5.41, 5.74) is 0.964. The normalized spacial score (nSPS) is 21.9. The van der Waals surface area contributed by atoms with Gasteiger partial charge in [-0.3, -0.25) is 9.59 Å². The Morgan fingerprint density at radius 2 is 2.14 bits per heavy atom. The van der Waals surface area contributed by atoms with E-state index in [9.17, 15) is 9.59 Å². The van der Waals surface area contributed by atoms with Crippen molar-refractivity contribution in [2.45, 2.75) is 52.0 Å². The number of carbonyl (C=O) groups excluding carboxylic acids is 2. The molecule has 0 spiro atoms. The van der Waals surface area contributed by atoms with Crippen molar-refractivity contribution in [3.63, 3.8) is 0 Å². The number of rotatable bonds is 5. The van der Waals surface area contributed by atoms with E-state index in [-0.39, 0.29) is 29.8 Å². The quantitative estimate of drug-likeness (QED) is 0.780. The first kappa shape index (κ1) is 17.0. The maximum Gasteiger partial charge on any atom is 0.306 e. The van der Waals surface area contributed by atoms with E-state index >= 15 is 0 Å². The Morgan fingerprint density at radius 1 is 1.41 bits per heavy atom. The van der Waals surface area contributed by atoms with Crippen LogP contribution in [-0.4, -0.2) is 36.5 Å². The molecular formula is C17H25NO3S. The van der Waals surface area contributed by atoms with E-state index in [0.717, 1.165) is 13.0 Å². The van der Waals surface area contributed by atoms with Crippen molar-refractivity contribution in [3.05, 3.63) is 22.4 Å². The van der Waals surface area contributed by atoms with Crippen LogP contribution >= 0.6 is 11.3 Å². The summed E-state index contributed by atoms with van der Waals surface area (Å²) in [7, 11) is 1.38. The number of hydrogen-bond donors (Lipinski definition) is 0. The highest BCUT2D eigenvalue weighted by atomic mass is 32.1. The van der Waals surface area contributed by atoms with E-state index in [1.165, 1.54) is 12.7 Å². The third-order valence-corrected chi connectivity index (χ3v) is 5.09. The van der Waals surface area contributed by atoms with Crippen LogP contribution in [0.15, 0.2) is 16.8 Å². The zero-order valence-corrected chi connectivity index (χ0v) is 14.6. The van der Waals surface area contributed by atoms with Crippen LogP contribution in [-0.2, 0) is 14.3 Å². The van der Waals surface area contributed by atoms with Crippen molar-refractivity contribution in [1.29, 1.82) is 0 Å². The van der Waals surface area contributed by atoms with E-state index in [1.54, 1.807) is 11.3 Å². The lowest BCUT2D eigenvalue weighted by atomic mass is 9.85. The molecule has 0 saturated carbocycles. The third-order valence-electron chi connectivity index (χ3n) is 4.39. The van der Waals surface area contributed by atoms with Crippen LogP contribution in [0, 0.1) is 5.41 Å². The van der Waals surface area contributed by atoms with Crippen molar-refractivity contribution < 1.29 is 14.3 Å². The topological polar surface area (TPSA) is 46.6 Å². The van der Waals surface area contributed by atoms with Gasteiger partial charge in [-0.1, -0.05) is 13.8 Å². The van der Waals surface area contributed by atoms with Gasteiger partial charge in [0.15, 0.2) is 0 Å². The second kappa shape index (κ2) is 6.82. The number of methoxy groups -OCH3 is 1. The number of likely N-dealkylation sites (tertiary alicyclic amines) is 1. The average Bonchev–Trinajstić information content (AvgIpc) is 3.05. The lowest BCUT2D eigenvalue weighted by molar-refractivity contribution is -0.144. The largest absolute Gasteiger partial charge is 0.469 e. The van der Waals surface area contributed by atoms with Crippen LogP contribution in [0.5, 0.6) is 0 Å². The summed E-state index contributed by atoms with van der Waals surface area (Å²) in [6.45, 7) is 6.78. The minimum Gasteiger partial charge on any atom is -0.469 e. The summed E-state index contributed by atoms with van der Waals surface area (Å²) in [5, 5.41) is 4.26. The molecule has 0 aliphatic carbocycles. The zero-order valence-electron chi connectivity index (χ0n) is 13.8. The van der Waals surface area contributed by atoms with Gasteiger partial charge in [-0.05, 0) is 41.1 Å². The molecule has 1 saturated heterocycles. The van der Waals surface area contributed by atoms with E-state index in [2.05, 4.69) is 23.8 Å². The Kier molecular flexibility index (Phi) is 5.27. The summed E-state index contributed by atoms with van der Waals surface area (Å²) in [4.78, 5) is 26.1. The third kappa shape index (κ3) is 4.09. The van der Waals surface area contributed by atoms with Crippen LogP contribution in [0.4, 0.5) is 0 Å². The number of carbonyl (C=O) groups is 2. The van der Waals surface area contributed by atoms with Gasteiger partial charge in [-0.25, -0.2) is 0 Å². The maximum absolute atomic E-state index is 12.6. The van der Waals surface area contributed by atoms with Crippen LogP contribution in [0.25, 0.3) is 0 Å². The van der Waals surface area contributed by atoms with Gasteiger partial charge in [-0.15, -0.1) is 0 Å². The van der Waals surface area contributed by atoms with Gasteiger partial charge >= 0.3 is 5.97 Å². The molecule has 2 unspecified atom stereocenters. The van der Waals surface area contributed by atoms with Gasteiger partial charge in [-0.2, -0.15) is 11.3 Å². The highest BCUT2D eigenvalue weighted by Crippen LogP contribution is 2.35. The number of nitrogens with zero attached hydrogens (tertiary/aromatic N) is 1. The highest BCUT2D eigenvalue weighted by molar-refractivity contribution is 7.07. The molecule has 4 nitrogen and oxygen atoms in total. The fourth-order valence-electron chi connectivity index (χ4n) is 3.16. The SMILES string of the molecule is COC(=O)CC(C)(C)CC(=O)N1CC(c2ccsc2)CC1C. The van der Waals surface area contributed by atoms with Gasteiger partial charge in [0.05, 0.1) is 13.5 Å². The smallest absolute Gasteiger partial charge is 0.306 e. The molecule has 22 heavy (non-hydrogen) atoms. The summed E-state index contributed by atoms with van der Waals surface area (Å²) < 4.78 is 4.72. The van der Waals surface area contributed by atoms with E-state index < -0.39 is 0 Å². The molecule has 1 aliphatic rings. The van der Waals surface area contributed by atoms with Crippen molar-refractivity contribution in [1.82, 2.24) is 4.90 Å². The fourth-order valence-corrected chi connectivity index (χ4v) is 3.91. The molecule has 1 aromatic heterocycles. The van der Waals surface area contributed by atoms with Crippen LogP contribution < -0.4 is 0 Å². The van der Waals surface area contributed by atoms with Crippen molar-refractivity contribution in [3.8, 4) is 0 Å². The monoisotopic (exact) mass is 323 g/mol. The molecule has 1 aromatic rings. The minimum absolute atomic E-state index is 0.138. The lowest BCUT2D eigenvalue weighted by Crippen LogP contribution is -2.37. The minimum atomic E-state index is -0.371. The summed E-state index contributed by atoms with van der Waals surface area (Å²) in [6, 6.07) is 2.41. The molecule has 1 amide bonds. The predicted octanol–water partition coefficient (Wildman–Crippen LogP) is 3.43. The Labute approximate surface area is 136 Å². The van der Waals surface area contributed by atoms with Gasteiger partial charge < -0.3 is 9.64 Å². The Hall–Kier alpha value is -1.36. The molecule has 2 heterocycles. The van der Waals surface area contributed by atoms with Gasteiger partial charge in [0, 0.05) is 24.9 Å².